The maximum atomic E-state index is 12.2. The molecular formula is C22H19FN2O3S. The van der Waals surface area contributed by atoms with Gasteiger partial charge in [0, 0.05) is 23.4 Å². The number of hydrogen-bond acceptors (Lipinski definition) is 2. The van der Waals surface area contributed by atoms with Crippen molar-refractivity contribution in [2.45, 2.75) is 4.90 Å². The molecule has 3 aromatic carbocycles. The van der Waals surface area contributed by atoms with Crippen molar-refractivity contribution in [2.24, 2.45) is 0 Å². The Morgan fingerprint density at radius 2 is 1.10 bits per heavy atom. The molecule has 0 saturated carbocycles. The fourth-order valence-corrected chi connectivity index (χ4v) is 3.08. The van der Waals surface area contributed by atoms with Gasteiger partial charge in [-0.1, -0.05) is 36.4 Å². The Bertz CT molecular complexity index is 1170. The number of hydrogen-bond donors (Lipinski definition) is 3. The Labute approximate surface area is 167 Å². The quantitative estimate of drug-likeness (QED) is 0.323. The van der Waals surface area contributed by atoms with Crippen molar-refractivity contribution in [1.29, 1.82) is 0 Å². The number of fused-ring (bicyclic) bond motifs is 2. The van der Waals surface area contributed by atoms with E-state index in [9.17, 15) is 12.8 Å². The minimum Gasteiger partial charge on any atom is -0.361 e. The minimum absolute atomic E-state index is 0.307. The molecule has 0 unspecified atom stereocenters. The zero-order chi connectivity index (χ0) is 20.7. The van der Waals surface area contributed by atoms with Crippen LogP contribution in [0.5, 0.6) is 0 Å². The standard InChI is InChI=1S/2C8H7N.C6H5FO3S/c2*1-2-4-8-7(3-1)5-6-9-8;7-5-1-3-6(4-2-5)11(8,9)10/h2*1-6,9H;1-4H,(H,8,9,10). The molecule has 2 aromatic heterocycles. The maximum Gasteiger partial charge on any atom is 0.294 e. The molecule has 0 aliphatic rings. The van der Waals surface area contributed by atoms with Gasteiger partial charge in [-0.2, -0.15) is 8.42 Å². The smallest absolute Gasteiger partial charge is 0.294 e. The summed E-state index contributed by atoms with van der Waals surface area (Å²) in [5.74, 6) is -0.544. The molecule has 0 aliphatic heterocycles. The molecule has 0 fully saturated rings. The average molecular weight is 410 g/mol. The van der Waals surface area contributed by atoms with E-state index in [2.05, 4.69) is 46.4 Å². The first-order chi connectivity index (χ1) is 13.9. The van der Waals surface area contributed by atoms with Gasteiger partial charge in [0.15, 0.2) is 0 Å². The van der Waals surface area contributed by atoms with Crippen molar-refractivity contribution in [1.82, 2.24) is 9.97 Å². The van der Waals surface area contributed by atoms with Crippen molar-refractivity contribution in [3.05, 3.63) is 103 Å². The van der Waals surface area contributed by atoms with Crippen LogP contribution < -0.4 is 0 Å². The van der Waals surface area contributed by atoms with E-state index in [1.165, 1.54) is 21.8 Å². The van der Waals surface area contributed by atoms with Gasteiger partial charge in [-0.3, -0.25) is 4.55 Å². The third-order valence-corrected chi connectivity index (χ3v) is 4.90. The summed E-state index contributed by atoms with van der Waals surface area (Å²) >= 11 is 0. The van der Waals surface area contributed by atoms with Gasteiger partial charge in [-0.15, -0.1) is 0 Å². The number of H-pyrrole nitrogens is 2. The summed E-state index contributed by atoms with van der Waals surface area (Å²) in [4.78, 5) is 5.93. The second-order valence-corrected chi connectivity index (χ2v) is 7.48. The van der Waals surface area contributed by atoms with Crippen LogP contribution in [0.2, 0.25) is 0 Å². The number of halogens is 1. The van der Waals surface area contributed by atoms with E-state index in [1.807, 2.05) is 36.7 Å². The van der Waals surface area contributed by atoms with E-state index >= 15 is 0 Å². The van der Waals surface area contributed by atoms with Crippen molar-refractivity contribution in [3.8, 4) is 0 Å². The molecule has 5 nitrogen and oxygen atoms in total. The highest BCUT2D eigenvalue weighted by atomic mass is 32.2. The molecule has 5 rings (SSSR count). The van der Waals surface area contributed by atoms with E-state index in [4.69, 9.17) is 4.55 Å². The Morgan fingerprint density at radius 1 is 0.655 bits per heavy atom. The van der Waals surface area contributed by atoms with Gasteiger partial charge in [0.2, 0.25) is 0 Å². The second-order valence-electron chi connectivity index (χ2n) is 6.06. The van der Waals surface area contributed by atoms with Crippen LogP contribution in [0.25, 0.3) is 21.8 Å². The lowest BCUT2D eigenvalue weighted by Gasteiger charge is -1.93. The Morgan fingerprint density at radius 3 is 1.52 bits per heavy atom. The minimum atomic E-state index is -4.19. The molecule has 0 atom stereocenters. The SMILES string of the molecule is O=S(=O)(O)c1ccc(F)cc1.c1ccc2[nH]ccc2c1.c1ccc2[nH]ccc2c1. The lowest BCUT2D eigenvalue weighted by molar-refractivity contribution is 0.483. The van der Waals surface area contributed by atoms with Crippen molar-refractivity contribution in [2.75, 3.05) is 0 Å². The van der Waals surface area contributed by atoms with E-state index < -0.39 is 15.9 Å². The van der Waals surface area contributed by atoms with Crippen molar-refractivity contribution < 1.29 is 17.4 Å². The summed E-state index contributed by atoms with van der Waals surface area (Å²) in [7, 11) is -4.19. The summed E-state index contributed by atoms with van der Waals surface area (Å²) in [6.07, 6.45) is 3.90. The normalized spacial score (nSPS) is 10.7. The summed E-state index contributed by atoms with van der Waals surface area (Å²) in [5, 5.41) is 2.55. The molecule has 7 heteroatoms. The number of aromatic amines is 2. The monoisotopic (exact) mass is 410 g/mol. The summed E-state index contributed by atoms with van der Waals surface area (Å²) < 4.78 is 41.4. The van der Waals surface area contributed by atoms with Gasteiger partial charge in [-0.25, -0.2) is 4.39 Å². The van der Waals surface area contributed by atoms with Crippen LogP contribution in [0.1, 0.15) is 0 Å². The first-order valence-corrected chi connectivity index (χ1v) is 10.1. The van der Waals surface area contributed by atoms with Crippen LogP contribution in [0.4, 0.5) is 4.39 Å². The molecule has 3 N–H and O–H groups in total. The Balaban J connectivity index is 0.000000125. The van der Waals surface area contributed by atoms with E-state index in [-0.39, 0.29) is 4.90 Å². The molecule has 0 spiro atoms. The first-order valence-electron chi connectivity index (χ1n) is 8.71. The Hall–Kier alpha value is -3.42. The van der Waals surface area contributed by atoms with E-state index in [0.717, 1.165) is 24.3 Å². The number of benzene rings is 3. The largest absolute Gasteiger partial charge is 0.361 e. The highest BCUT2D eigenvalue weighted by Gasteiger charge is 2.07. The topological polar surface area (TPSA) is 85.9 Å². The average Bonchev–Trinajstić information content (AvgIpc) is 3.38. The molecule has 5 aromatic rings. The third-order valence-electron chi connectivity index (χ3n) is 4.04. The maximum absolute atomic E-state index is 12.2. The Kier molecular flexibility index (Phi) is 6.43. The van der Waals surface area contributed by atoms with Gasteiger partial charge in [-0.05, 0) is 59.3 Å². The lowest BCUT2D eigenvalue weighted by Crippen LogP contribution is -1.97. The van der Waals surface area contributed by atoms with Crippen LogP contribution in [-0.2, 0) is 10.1 Å². The fourth-order valence-electron chi connectivity index (χ4n) is 2.60. The number of nitrogens with one attached hydrogen (secondary N) is 2. The van der Waals surface area contributed by atoms with Crippen molar-refractivity contribution in [3.63, 3.8) is 0 Å². The van der Waals surface area contributed by atoms with Gasteiger partial charge >= 0.3 is 0 Å². The predicted molar refractivity (Wildman–Crippen MR) is 113 cm³/mol. The zero-order valence-electron chi connectivity index (χ0n) is 15.3. The number of para-hydroxylation sites is 2. The molecule has 0 radical (unpaired) electrons. The fraction of sp³-hybridized carbons (Fsp3) is 0. The van der Waals surface area contributed by atoms with Crippen molar-refractivity contribution >= 4 is 31.9 Å². The van der Waals surface area contributed by atoms with Crippen LogP contribution in [0, 0.1) is 5.82 Å². The van der Waals surface area contributed by atoms with Gasteiger partial charge in [0.1, 0.15) is 5.82 Å². The molecule has 2 heterocycles. The number of aromatic nitrogens is 2. The molecule has 148 valence electrons. The third kappa shape index (κ3) is 5.78. The number of rotatable bonds is 1. The van der Waals surface area contributed by atoms with Crippen LogP contribution >= 0.6 is 0 Å². The zero-order valence-corrected chi connectivity index (χ0v) is 16.1. The molecule has 0 amide bonds. The first kappa shape index (κ1) is 20.3. The summed E-state index contributed by atoms with van der Waals surface area (Å²) in [6, 6.07) is 24.5. The molecular weight excluding hydrogens is 391 g/mol. The van der Waals surface area contributed by atoms with Crippen LogP contribution in [-0.4, -0.2) is 22.9 Å². The second kappa shape index (κ2) is 9.18. The van der Waals surface area contributed by atoms with Crippen LogP contribution in [0.15, 0.2) is 102 Å². The molecule has 0 bridgehead atoms. The van der Waals surface area contributed by atoms with Gasteiger partial charge in [0.25, 0.3) is 10.1 Å². The molecule has 0 aliphatic carbocycles. The summed E-state index contributed by atoms with van der Waals surface area (Å²) in [6.45, 7) is 0. The molecule has 0 saturated heterocycles. The summed E-state index contributed by atoms with van der Waals surface area (Å²) in [5.41, 5.74) is 2.41. The van der Waals surface area contributed by atoms with Gasteiger partial charge in [0.05, 0.1) is 4.90 Å². The highest BCUT2D eigenvalue weighted by Crippen LogP contribution is 2.10. The van der Waals surface area contributed by atoms with E-state index in [0.29, 0.717) is 0 Å². The predicted octanol–water partition coefficient (Wildman–Crippen LogP) is 5.41. The molecule has 29 heavy (non-hydrogen) atoms. The van der Waals surface area contributed by atoms with Crippen LogP contribution in [0.3, 0.4) is 0 Å². The van der Waals surface area contributed by atoms with E-state index in [1.54, 1.807) is 0 Å². The van der Waals surface area contributed by atoms with Gasteiger partial charge < -0.3 is 9.97 Å². The lowest BCUT2D eigenvalue weighted by atomic mass is 10.3. The highest BCUT2D eigenvalue weighted by molar-refractivity contribution is 7.85.